The van der Waals surface area contributed by atoms with Gasteiger partial charge in [0.15, 0.2) is 11.7 Å². The van der Waals surface area contributed by atoms with E-state index < -0.39 is 94.9 Å². The Morgan fingerprint density at radius 2 is 1.53 bits per heavy atom. The average molecular weight is 633 g/mol. The molecule has 3 aliphatic rings. The molecule has 0 unspecified atom stereocenters. The molecule has 3 fully saturated rings. The Morgan fingerprint density at radius 1 is 0.911 bits per heavy atom. The smallest absolute Gasteiger partial charge is 0.338 e. The molecule has 0 amide bonds. The van der Waals surface area contributed by atoms with E-state index in [1.54, 1.807) is 58.0 Å². The van der Waals surface area contributed by atoms with E-state index in [0.717, 1.165) is 0 Å². The predicted molar refractivity (Wildman–Crippen MR) is 156 cm³/mol. The van der Waals surface area contributed by atoms with E-state index in [1.165, 1.54) is 27.7 Å². The Morgan fingerprint density at radius 3 is 2.09 bits per heavy atom. The zero-order valence-corrected chi connectivity index (χ0v) is 27.1. The second-order valence-corrected chi connectivity index (χ2v) is 13.2. The number of carbonyl (C=O) groups is 5. The van der Waals surface area contributed by atoms with Crippen molar-refractivity contribution in [3.63, 3.8) is 0 Å². The SMILES string of the molecule is CC[C@@H](C)C(=O)O[C@H]1[C@@H](OC(C)=O)C[C@](C)(O)[C@]23OC(C)(C)[C@H](C[C@H](OC(=O)c4ccccc4)[C@]12COC(C)=O)[C@H]3OC(C)=O. The van der Waals surface area contributed by atoms with Gasteiger partial charge in [-0.3, -0.25) is 19.2 Å². The fourth-order valence-electron chi connectivity index (χ4n) is 7.62. The molecule has 9 atom stereocenters. The lowest BCUT2D eigenvalue weighted by Gasteiger charge is -2.65. The van der Waals surface area contributed by atoms with Gasteiger partial charge in [0.2, 0.25) is 0 Å². The van der Waals surface area contributed by atoms with E-state index in [1.807, 2.05) is 0 Å². The molecular formula is C33H44O12. The highest BCUT2D eigenvalue weighted by Crippen LogP contribution is 2.69. The standard InChI is InChI=1S/C33H44O12/c1-9-18(2)28(37)44-27-24(41-20(4)35)16-31(8,39)33-26(42-21(5)36)23(30(6,7)45-33)15-25(32(27,33)17-40-19(3)34)43-29(38)22-13-11-10-12-14-22/h10-14,18,23-27,39H,9,15-17H2,1-8H3/t18-,23-,24+,25+,26-,27+,31+,32-,33+/m1/s1. The summed E-state index contributed by atoms with van der Waals surface area (Å²) in [6.07, 6.45) is -5.12. The number of rotatable bonds is 9. The highest BCUT2D eigenvalue weighted by molar-refractivity contribution is 5.89. The molecule has 2 aliphatic carbocycles. The van der Waals surface area contributed by atoms with Gasteiger partial charge in [-0.1, -0.05) is 32.0 Å². The summed E-state index contributed by atoms with van der Waals surface area (Å²) in [7, 11) is 0. The number of carbonyl (C=O) groups excluding carboxylic acids is 5. The summed E-state index contributed by atoms with van der Waals surface area (Å²) in [5, 5.41) is 12.5. The Labute approximate surface area is 263 Å². The Balaban J connectivity index is 2.07. The summed E-state index contributed by atoms with van der Waals surface area (Å²) in [5.41, 5.74) is -6.81. The molecule has 12 nitrogen and oxygen atoms in total. The second-order valence-electron chi connectivity index (χ2n) is 13.2. The van der Waals surface area contributed by atoms with Crippen molar-refractivity contribution in [3.8, 4) is 0 Å². The van der Waals surface area contributed by atoms with Gasteiger partial charge in [0.1, 0.15) is 30.3 Å². The maximum absolute atomic E-state index is 13.7. The number of aliphatic hydroxyl groups is 1. The van der Waals surface area contributed by atoms with Crippen molar-refractivity contribution in [2.45, 2.75) is 116 Å². The Bertz CT molecular complexity index is 1320. The summed E-state index contributed by atoms with van der Waals surface area (Å²) < 4.78 is 36.7. The molecule has 2 bridgehead atoms. The van der Waals surface area contributed by atoms with E-state index >= 15 is 0 Å². The Hall–Kier alpha value is -3.51. The molecule has 45 heavy (non-hydrogen) atoms. The predicted octanol–water partition coefficient (Wildman–Crippen LogP) is 3.31. The molecule has 0 radical (unpaired) electrons. The minimum atomic E-state index is -1.99. The third kappa shape index (κ3) is 5.82. The summed E-state index contributed by atoms with van der Waals surface area (Å²) in [4.78, 5) is 64.9. The minimum absolute atomic E-state index is 0.00715. The zero-order valence-electron chi connectivity index (χ0n) is 27.1. The van der Waals surface area contributed by atoms with Crippen LogP contribution in [0, 0.1) is 17.3 Å². The lowest BCUT2D eigenvalue weighted by Crippen LogP contribution is -2.83. The summed E-state index contributed by atoms with van der Waals surface area (Å²) in [5.74, 6) is -4.75. The topological polar surface area (TPSA) is 161 Å². The lowest BCUT2D eigenvalue weighted by atomic mass is 9.46. The van der Waals surface area contributed by atoms with E-state index in [9.17, 15) is 29.1 Å². The van der Waals surface area contributed by atoms with Crippen molar-refractivity contribution >= 4 is 29.8 Å². The van der Waals surface area contributed by atoms with Crippen LogP contribution in [-0.2, 0) is 47.6 Å². The van der Waals surface area contributed by atoms with Crippen LogP contribution in [0.3, 0.4) is 0 Å². The van der Waals surface area contributed by atoms with Crippen molar-refractivity contribution in [1.82, 2.24) is 0 Å². The van der Waals surface area contributed by atoms with E-state index in [0.29, 0.717) is 6.42 Å². The number of benzene rings is 1. The molecule has 2 saturated carbocycles. The van der Waals surface area contributed by atoms with Crippen LogP contribution in [0.2, 0.25) is 0 Å². The third-order valence-corrected chi connectivity index (χ3v) is 9.70. The Kier molecular flexibility index (Phi) is 9.43. The molecule has 4 rings (SSSR count). The number of ether oxygens (including phenoxy) is 6. The van der Waals surface area contributed by atoms with Gasteiger partial charge >= 0.3 is 29.8 Å². The average Bonchev–Trinajstić information content (AvgIpc) is 3.11. The maximum atomic E-state index is 13.7. The molecule has 1 saturated heterocycles. The van der Waals surface area contributed by atoms with Gasteiger partial charge in [-0.25, -0.2) is 4.79 Å². The van der Waals surface area contributed by atoms with E-state index in [2.05, 4.69) is 0 Å². The van der Waals surface area contributed by atoms with Crippen molar-refractivity contribution in [2.24, 2.45) is 17.3 Å². The van der Waals surface area contributed by atoms with Gasteiger partial charge in [-0.15, -0.1) is 0 Å². The summed E-state index contributed by atoms with van der Waals surface area (Å²) in [6, 6.07) is 8.20. The van der Waals surface area contributed by atoms with Crippen LogP contribution in [0.25, 0.3) is 0 Å². The van der Waals surface area contributed by atoms with Crippen LogP contribution in [0.4, 0.5) is 0 Å². The molecule has 1 aliphatic heterocycles. The molecule has 0 aromatic heterocycles. The van der Waals surface area contributed by atoms with Crippen molar-refractivity contribution in [3.05, 3.63) is 35.9 Å². The first kappa shape index (κ1) is 34.4. The normalized spacial score (nSPS) is 35.3. The molecule has 1 aromatic carbocycles. The van der Waals surface area contributed by atoms with Crippen LogP contribution in [-0.4, -0.2) is 82.8 Å². The molecule has 1 heterocycles. The highest BCUT2D eigenvalue weighted by Gasteiger charge is 2.86. The summed E-state index contributed by atoms with van der Waals surface area (Å²) >= 11 is 0. The summed E-state index contributed by atoms with van der Waals surface area (Å²) in [6.45, 7) is 11.4. The second kappa shape index (κ2) is 12.4. The number of hydrogen-bond donors (Lipinski definition) is 1. The molecule has 1 N–H and O–H groups in total. The minimum Gasteiger partial charge on any atom is -0.465 e. The van der Waals surface area contributed by atoms with Gasteiger partial charge < -0.3 is 33.5 Å². The fraction of sp³-hybridized carbons (Fsp3) is 0.667. The largest absolute Gasteiger partial charge is 0.465 e. The zero-order chi connectivity index (χ0) is 33.5. The quantitative estimate of drug-likeness (QED) is 0.313. The molecule has 12 heteroatoms. The first-order valence-corrected chi connectivity index (χ1v) is 15.3. The van der Waals surface area contributed by atoms with Gasteiger partial charge in [-0.05, 0) is 45.7 Å². The van der Waals surface area contributed by atoms with Gasteiger partial charge in [-0.2, -0.15) is 0 Å². The van der Waals surface area contributed by atoms with Crippen LogP contribution < -0.4 is 0 Å². The van der Waals surface area contributed by atoms with Crippen LogP contribution >= 0.6 is 0 Å². The van der Waals surface area contributed by atoms with Crippen molar-refractivity contribution < 1.29 is 57.5 Å². The molecule has 248 valence electrons. The van der Waals surface area contributed by atoms with Crippen molar-refractivity contribution in [2.75, 3.05) is 6.61 Å². The van der Waals surface area contributed by atoms with E-state index in [-0.39, 0.29) is 18.4 Å². The van der Waals surface area contributed by atoms with Crippen LogP contribution in [0.1, 0.15) is 85.0 Å². The number of esters is 5. The molecule has 1 aromatic rings. The number of fused-ring (bicyclic) bond motifs is 1. The third-order valence-electron chi connectivity index (χ3n) is 9.70. The molecular weight excluding hydrogens is 588 g/mol. The van der Waals surface area contributed by atoms with Gasteiger partial charge in [0, 0.05) is 33.1 Å². The number of hydrogen-bond acceptors (Lipinski definition) is 12. The highest BCUT2D eigenvalue weighted by atomic mass is 16.6. The first-order valence-electron chi connectivity index (χ1n) is 15.3. The maximum Gasteiger partial charge on any atom is 0.338 e. The first-order chi connectivity index (χ1) is 20.9. The van der Waals surface area contributed by atoms with Crippen molar-refractivity contribution in [1.29, 1.82) is 0 Å². The molecule has 1 spiro atoms. The fourth-order valence-corrected chi connectivity index (χ4v) is 7.62. The van der Waals surface area contributed by atoms with E-state index in [4.69, 9.17) is 28.4 Å². The van der Waals surface area contributed by atoms with Gasteiger partial charge in [0.05, 0.1) is 22.7 Å². The van der Waals surface area contributed by atoms with Crippen LogP contribution in [0.15, 0.2) is 30.3 Å². The monoisotopic (exact) mass is 632 g/mol. The van der Waals surface area contributed by atoms with Crippen LogP contribution in [0.5, 0.6) is 0 Å². The van der Waals surface area contributed by atoms with Gasteiger partial charge in [0.25, 0.3) is 0 Å². The lowest BCUT2D eigenvalue weighted by molar-refractivity contribution is -0.356.